The number of fused-ring (bicyclic) bond motifs is 2. The van der Waals surface area contributed by atoms with Crippen LogP contribution >= 0.6 is 0 Å². The molecule has 3 saturated carbocycles. The number of rotatable bonds is 5. The van der Waals surface area contributed by atoms with Crippen molar-refractivity contribution in [3.8, 4) is 0 Å². The quantitative estimate of drug-likeness (QED) is 0.721. The molecule has 5 unspecified atom stereocenters. The highest BCUT2D eigenvalue weighted by Crippen LogP contribution is 2.51. The van der Waals surface area contributed by atoms with Crippen molar-refractivity contribution in [2.75, 3.05) is 0 Å². The summed E-state index contributed by atoms with van der Waals surface area (Å²) in [5.74, 6) is 0.401. The second kappa shape index (κ2) is 6.45. The minimum Gasteiger partial charge on any atom is -0.462 e. The Kier molecular flexibility index (Phi) is 4.70. The van der Waals surface area contributed by atoms with E-state index in [4.69, 9.17) is 9.47 Å². The Morgan fingerprint density at radius 3 is 2.48 bits per heavy atom. The maximum absolute atomic E-state index is 12.7. The maximum Gasteiger partial charge on any atom is 0.309 e. The third-order valence-corrected chi connectivity index (χ3v) is 6.35. The molecular formula is C19H30O4. The van der Waals surface area contributed by atoms with E-state index < -0.39 is 0 Å². The first-order chi connectivity index (χ1) is 10.9. The fourth-order valence-electron chi connectivity index (χ4n) is 4.67. The topological polar surface area (TPSA) is 52.6 Å². The van der Waals surface area contributed by atoms with Gasteiger partial charge in [-0.2, -0.15) is 0 Å². The van der Waals surface area contributed by atoms with E-state index in [1.807, 2.05) is 13.8 Å². The lowest BCUT2D eigenvalue weighted by Gasteiger charge is -2.32. The summed E-state index contributed by atoms with van der Waals surface area (Å²) in [6.07, 6.45) is 7.82. The van der Waals surface area contributed by atoms with Crippen LogP contribution < -0.4 is 0 Å². The molecule has 130 valence electrons. The third-order valence-electron chi connectivity index (χ3n) is 6.35. The predicted octanol–water partition coefficient (Wildman–Crippen LogP) is 3.87. The molecule has 0 aromatic heterocycles. The third kappa shape index (κ3) is 3.41. The Morgan fingerprint density at radius 1 is 1.17 bits per heavy atom. The van der Waals surface area contributed by atoms with Crippen molar-refractivity contribution < 1.29 is 19.1 Å². The summed E-state index contributed by atoms with van der Waals surface area (Å²) in [4.78, 5) is 24.7. The summed E-state index contributed by atoms with van der Waals surface area (Å²) in [5, 5.41) is 0. The van der Waals surface area contributed by atoms with Crippen LogP contribution in [0, 0.1) is 23.7 Å². The van der Waals surface area contributed by atoms with Gasteiger partial charge in [-0.15, -0.1) is 0 Å². The van der Waals surface area contributed by atoms with E-state index >= 15 is 0 Å². The van der Waals surface area contributed by atoms with Gasteiger partial charge in [0, 0.05) is 5.92 Å². The highest BCUT2D eigenvalue weighted by Gasteiger charge is 2.52. The molecule has 0 N–H and O–H groups in total. The van der Waals surface area contributed by atoms with Gasteiger partial charge in [-0.05, 0) is 64.2 Å². The molecule has 4 heteroatoms. The first-order valence-corrected chi connectivity index (χ1v) is 9.35. The molecule has 4 nitrogen and oxygen atoms in total. The lowest BCUT2D eigenvalue weighted by atomic mass is 9.86. The fraction of sp³-hybridized carbons (Fsp3) is 0.895. The van der Waals surface area contributed by atoms with Crippen LogP contribution in [0.4, 0.5) is 0 Å². The van der Waals surface area contributed by atoms with Crippen LogP contribution in [-0.4, -0.2) is 23.6 Å². The maximum atomic E-state index is 12.7. The molecule has 0 amide bonds. The van der Waals surface area contributed by atoms with Crippen molar-refractivity contribution in [2.24, 2.45) is 23.7 Å². The van der Waals surface area contributed by atoms with Crippen molar-refractivity contribution in [1.82, 2.24) is 0 Å². The molecule has 0 aliphatic heterocycles. The second-order valence-corrected chi connectivity index (χ2v) is 8.21. The summed E-state index contributed by atoms with van der Waals surface area (Å²) < 4.78 is 11.6. The van der Waals surface area contributed by atoms with Crippen LogP contribution in [0.15, 0.2) is 0 Å². The van der Waals surface area contributed by atoms with Gasteiger partial charge in [0.25, 0.3) is 0 Å². The molecule has 3 fully saturated rings. The van der Waals surface area contributed by atoms with E-state index in [1.165, 1.54) is 0 Å². The zero-order valence-corrected chi connectivity index (χ0v) is 14.7. The van der Waals surface area contributed by atoms with Crippen LogP contribution in [-0.2, 0) is 19.1 Å². The van der Waals surface area contributed by atoms with Gasteiger partial charge < -0.3 is 9.47 Å². The van der Waals surface area contributed by atoms with Crippen LogP contribution in [0.25, 0.3) is 0 Å². The van der Waals surface area contributed by atoms with Gasteiger partial charge in [0.1, 0.15) is 11.7 Å². The van der Waals surface area contributed by atoms with E-state index in [2.05, 4.69) is 6.92 Å². The smallest absolute Gasteiger partial charge is 0.309 e. The van der Waals surface area contributed by atoms with Crippen LogP contribution in [0.3, 0.4) is 0 Å². The number of carbonyl (C=O) groups is 2. The highest BCUT2D eigenvalue weighted by molar-refractivity contribution is 5.75. The molecule has 0 aromatic rings. The molecular weight excluding hydrogens is 292 g/mol. The molecule has 23 heavy (non-hydrogen) atoms. The molecule has 3 aliphatic carbocycles. The monoisotopic (exact) mass is 322 g/mol. The minimum atomic E-state index is -0.262. The van der Waals surface area contributed by atoms with Gasteiger partial charge in [0.2, 0.25) is 0 Å². The summed E-state index contributed by atoms with van der Waals surface area (Å²) in [7, 11) is 0. The lowest BCUT2D eigenvalue weighted by molar-refractivity contribution is -0.171. The van der Waals surface area contributed by atoms with Crippen molar-refractivity contribution in [3.05, 3.63) is 0 Å². The Labute approximate surface area is 139 Å². The normalized spacial score (nSPS) is 36.0. The van der Waals surface area contributed by atoms with Crippen molar-refractivity contribution >= 4 is 11.9 Å². The number of hydrogen-bond acceptors (Lipinski definition) is 4. The summed E-state index contributed by atoms with van der Waals surface area (Å²) >= 11 is 0. The Hall–Kier alpha value is -1.06. The Balaban J connectivity index is 1.59. The molecule has 0 radical (unpaired) electrons. The fourth-order valence-corrected chi connectivity index (χ4v) is 4.67. The van der Waals surface area contributed by atoms with Crippen molar-refractivity contribution in [1.29, 1.82) is 0 Å². The predicted molar refractivity (Wildman–Crippen MR) is 86.6 cm³/mol. The Bertz CT molecular complexity index is 466. The molecule has 2 bridgehead atoms. The highest BCUT2D eigenvalue weighted by atomic mass is 16.6. The van der Waals surface area contributed by atoms with Crippen molar-refractivity contribution in [3.63, 3.8) is 0 Å². The summed E-state index contributed by atoms with van der Waals surface area (Å²) in [6.45, 7) is 5.96. The molecule has 0 aromatic carbocycles. The molecule has 5 atom stereocenters. The Morgan fingerprint density at radius 2 is 1.87 bits per heavy atom. The van der Waals surface area contributed by atoms with Gasteiger partial charge in [-0.25, -0.2) is 0 Å². The lowest BCUT2D eigenvalue weighted by Crippen LogP contribution is -2.38. The van der Waals surface area contributed by atoms with Crippen LogP contribution in [0.5, 0.6) is 0 Å². The minimum absolute atomic E-state index is 0.0498. The van der Waals surface area contributed by atoms with Crippen molar-refractivity contribution in [2.45, 2.75) is 83.8 Å². The zero-order valence-electron chi connectivity index (χ0n) is 14.7. The van der Waals surface area contributed by atoms with Gasteiger partial charge in [-0.1, -0.05) is 13.8 Å². The van der Waals surface area contributed by atoms with E-state index in [-0.39, 0.29) is 41.4 Å². The largest absolute Gasteiger partial charge is 0.462 e. The standard InChI is InChI=1S/C19H30O4/c1-4-12(2)17(20)22-16-11-13-9-14(16)15(10-13)18(21)23-19(3)7-5-6-8-19/h12-16H,4-11H2,1-3H3. The number of hydrogen-bond donors (Lipinski definition) is 0. The van der Waals surface area contributed by atoms with Gasteiger partial charge in [-0.3, -0.25) is 9.59 Å². The average molecular weight is 322 g/mol. The molecule has 3 rings (SSSR count). The number of carbonyl (C=O) groups excluding carboxylic acids is 2. The van der Waals surface area contributed by atoms with Gasteiger partial charge in [0.05, 0.1) is 11.8 Å². The molecule has 0 heterocycles. The zero-order chi connectivity index (χ0) is 16.6. The van der Waals surface area contributed by atoms with E-state index in [0.717, 1.165) is 51.4 Å². The molecule has 3 aliphatic rings. The second-order valence-electron chi connectivity index (χ2n) is 8.21. The van der Waals surface area contributed by atoms with Gasteiger partial charge in [0.15, 0.2) is 0 Å². The van der Waals surface area contributed by atoms with E-state index in [0.29, 0.717) is 5.92 Å². The van der Waals surface area contributed by atoms with E-state index in [1.54, 1.807) is 0 Å². The van der Waals surface area contributed by atoms with Gasteiger partial charge >= 0.3 is 11.9 Å². The number of ether oxygens (including phenoxy) is 2. The average Bonchev–Trinajstić information content (AvgIpc) is 3.21. The van der Waals surface area contributed by atoms with E-state index in [9.17, 15) is 9.59 Å². The molecule has 0 spiro atoms. The van der Waals surface area contributed by atoms with Crippen LogP contribution in [0.1, 0.15) is 72.1 Å². The first-order valence-electron chi connectivity index (χ1n) is 9.35. The first kappa shape index (κ1) is 16.8. The summed E-state index contributed by atoms with van der Waals surface area (Å²) in [5.41, 5.74) is -0.262. The van der Waals surface area contributed by atoms with Crippen LogP contribution in [0.2, 0.25) is 0 Å². The number of esters is 2. The summed E-state index contributed by atoms with van der Waals surface area (Å²) in [6, 6.07) is 0. The molecule has 0 saturated heterocycles. The SMILES string of the molecule is CCC(C)C(=O)OC1CC2CC(C(=O)OC3(C)CCCC3)C1C2.